The first-order valence-corrected chi connectivity index (χ1v) is 8.32. The number of thiazole rings is 1. The Bertz CT molecular complexity index is 602. The second-order valence-corrected chi connectivity index (χ2v) is 6.96. The highest BCUT2D eigenvalue weighted by molar-refractivity contribution is 7.15. The van der Waals surface area contributed by atoms with Crippen molar-refractivity contribution in [2.45, 2.75) is 19.4 Å². The van der Waals surface area contributed by atoms with Crippen molar-refractivity contribution in [1.82, 2.24) is 9.88 Å². The number of rotatable bonds is 8. The number of benzene rings is 1. The van der Waals surface area contributed by atoms with Gasteiger partial charge < -0.3 is 14.4 Å². The smallest absolute Gasteiger partial charge is 0.183 e. The van der Waals surface area contributed by atoms with Crippen LogP contribution in [0.4, 0.5) is 0 Å². The molecule has 0 aliphatic heterocycles. The number of methoxy groups -OCH3 is 1. The molecule has 0 radical (unpaired) electrons. The highest BCUT2D eigenvalue weighted by atomic mass is 35.5. The molecule has 0 spiro atoms. The van der Waals surface area contributed by atoms with Crippen LogP contribution in [0.15, 0.2) is 24.4 Å². The van der Waals surface area contributed by atoms with Gasteiger partial charge in [0.05, 0.1) is 12.0 Å². The Morgan fingerprint density at radius 1 is 1.27 bits per heavy atom. The molecule has 0 saturated heterocycles. The average Bonchev–Trinajstić information content (AvgIpc) is 2.91. The van der Waals surface area contributed by atoms with Crippen LogP contribution in [-0.4, -0.2) is 37.6 Å². The molecule has 0 N–H and O–H groups in total. The Kier molecular flexibility index (Phi) is 6.49. The van der Waals surface area contributed by atoms with E-state index in [4.69, 9.17) is 21.1 Å². The molecule has 0 aliphatic rings. The van der Waals surface area contributed by atoms with Crippen LogP contribution in [0.1, 0.15) is 16.9 Å². The van der Waals surface area contributed by atoms with Crippen LogP contribution in [0.2, 0.25) is 4.47 Å². The third kappa shape index (κ3) is 5.16. The van der Waals surface area contributed by atoms with Crippen molar-refractivity contribution in [3.05, 3.63) is 39.3 Å². The quantitative estimate of drug-likeness (QED) is 0.730. The first-order chi connectivity index (χ1) is 10.6. The van der Waals surface area contributed by atoms with E-state index in [9.17, 15) is 0 Å². The van der Waals surface area contributed by atoms with E-state index in [1.165, 1.54) is 16.9 Å². The van der Waals surface area contributed by atoms with Crippen LogP contribution in [0.25, 0.3) is 0 Å². The van der Waals surface area contributed by atoms with Crippen molar-refractivity contribution in [3.8, 4) is 11.5 Å². The molecule has 0 atom stereocenters. The average molecular weight is 341 g/mol. The van der Waals surface area contributed by atoms with Gasteiger partial charge in [-0.15, -0.1) is 11.3 Å². The topological polar surface area (TPSA) is 34.6 Å². The number of aromatic nitrogens is 1. The molecule has 6 heteroatoms. The lowest BCUT2D eigenvalue weighted by Gasteiger charge is -2.12. The zero-order valence-corrected chi connectivity index (χ0v) is 14.7. The number of ether oxygens (including phenoxy) is 2. The predicted molar refractivity (Wildman–Crippen MR) is 91.3 cm³/mol. The maximum Gasteiger partial charge on any atom is 0.183 e. The Hall–Kier alpha value is -1.30. The maximum absolute atomic E-state index is 5.82. The van der Waals surface area contributed by atoms with E-state index in [1.54, 1.807) is 13.3 Å². The van der Waals surface area contributed by atoms with Crippen molar-refractivity contribution in [2.75, 3.05) is 27.7 Å². The number of hydrogen-bond donors (Lipinski definition) is 0. The normalized spacial score (nSPS) is 11.0. The van der Waals surface area contributed by atoms with Crippen LogP contribution in [0.5, 0.6) is 11.5 Å². The summed E-state index contributed by atoms with van der Waals surface area (Å²) in [7, 11) is 5.84. The lowest BCUT2D eigenvalue weighted by Crippen LogP contribution is -2.13. The van der Waals surface area contributed by atoms with Gasteiger partial charge in [-0.1, -0.05) is 17.7 Å². The number of hydrogen-bond acceptors (Lipinski definition) is 5. The predicted octanol–water partition coefficient (Wildman–Crippen LogP) is 3.88. The Balaban J connectivity index is 1.96. The van der Waals surface area contributed by atoms with Crippen molar-refractivity contribution in [2.24, 2.45) is 0 Å². The first kappa shape index (κ1) is 17.1. The fourth-order valence-electron chi connectivity index (χ4n) is 2.09. The largest absolute Gasteiger partial charge is 0.493 e. The van der Waals surface area contributed by atoms with E-state index in [-0.39, 0.29) is 0 Å². The second kappa shape index (κ2) is 8.36. The Morgan fingerprint density at radius 2 is 2.09 bits per heavy atom. The second-order valence-electron chi connectivity index (χ2n) is 5.26. The lowest BCUT2D eigenvalue weighted by atomic mass is 10.1. The fourth-order valence-corrected chi connectivity index (χ4v) is 2.98. The molecular weight excluding hydrogens is 320 g/mol. The highest BCUT2D eigenvalue weighted by Gasteiger charge is 2.08. The summed E-state index contributed by atoms with van der Waals surface area (Å²) in [5.41, 5.74) is 1.26. The van der Waals surface area contributed by atoms with E-state index >= 15 is 0 Å². The number of halogens is 1. The van der Waals surface area contributed by atoms with E-state index in [2.05, 4.69) is 30.0 Å². The van der Waals surface area contributed by atoms with E-state index in [0.717, 1.165) is 35.8 Å². The summed E-state index contributed by atoms with van der Waals surface area (Å²) in [6, 6.07) is 6.10. The summed E-state index contributed by atoms with van der Waals surface area (Å²) in [5, 5.41) is 0. The van der Waals surface area contributed by atoms with Gasteiger partial charge in [0.15, 0.2) is 16.0 Å². The third-order valence-electron chi connectivity index (χ3n) is 3.19. The molecule has 0 aliphatic carbocycles. The monoisotopic (exact) mass is 340 g/mol. The van der Waals surface area contributed by atoms with Crippen LogP contribution >= 0.6 is 22.9 Å². The minimum atomic E-state index is 0.445. The highest BCUT2D eigenvalue weighted by Crippen LogP contribution is 2.30. The van der Waals surface area contributed by atoms with E-state index in [1.807, 2.05) is 12.1 Å². The molecule has 2 rings (SSSR count). The Morgan fingerprint density at radius 3 is 2.73 bits per heavy atom. The standard InChI is InChI=1S/C16H21ClN2O2S/c1-19(2)8-4-5-12-6-7-14(15(9-12)20-3)21-11-13-10-18-16(17)22-13/h6-7,9-10H,4-5,8,11H2,1-3H3. The van der Waals surface area contributed by atoms with Gasteiger partial charge in [-0.05, 0) is 51.2 Å². The van der Waals surface area contributed by atoms with Gasteiger partial charge in [-0.3, -0.25) is 0 Å². The molecule has 0 amide bonds. The van der Waals surface area contributed by atoms with Crippen LogP contribution in [0.3, 0.4) is 0 Å². The minimum absolute atomic E-state index is 0.445. The molecule has 1 aromatic carbocycles. The Labute approximate surface area is 140 Å². The summed E-state index contributed by atoms with van der Waals surface area (Å²) < 4.78 is 11.8. The van der Waals surface area contributed by atoms with E-state index in [0.29, 0.717) is 11.1 Å². The summed E-state index contributed by atoms with van der Waals surface area (Å²) in [6.45, 7) is 1.52. The molecule has 1 aromatic heterocycles. The number of aryl methyl sites for hydroxylation is 1. The molecule has 22 heavy (non-hydrogen) atoms. The van der Waals surface area contributed by atoms with Gasteiger partial charge >= 0.3 is 0 Å². The van der Waals surface area contributed by atoms with Crippen molar-refractivity contribution in [3.63, 3.8) is 0 Å². The van der Waals surface area contributed by atoms with Gasteiger partial charge in [0, 0.05) is 6.20 Å². The zero-order valence-electron chi connectivity index (χ0n) is 13.1. The molecule has 2 aromatic rings. The SMILES string of the molecule is COc1cc(CCCN(C)C)ccc1OCc1cnc(Cl)s1. The minimum Gasteiger partial charge on any atom is -0.493 e. The summed E-state index contributed by atoms with van der Waals surface area (Å²) in [4.78, 5) is 7.18. The molecular formula is C16H21ClN2O2S. The van der Waals surface area contributed by atoms with Crippen LogP contribution in [0, 0.1) is 0 Å². The van der Waals surface area contributed by atoms with Crippen molar-refractivity contribution >= 4 is 22.9 Å². The van der Waals surface area contributed by atoms with Gasteiger partial charge in [0.1, 0.15) is 6.61 Å². The van der Waals surface area contributed by atoms with Crippen molar-refractivity contribution in [1.29, 1.82) is 0 Å². The van der Waals surface area contributed by atoms with Crippen LogP contribution in [-0.2, 0) is 13.0 Å². The summed E-state index contributed by atoms with van der Waals surface area (Å²) in [5.74, 6) is 1.50. The molecule has 1 heterocycles. The number of nitrogens with zero attached hydrogens (tertiary/aromatic N) is 2. The van der Waals surface area contributed by atoms with Gasteiger partial charge in [0.2, 0.25) is 0 Å². The first-order valence-electron chi connectivity index (χ1n) is 7.13. The molecule has 0 fully saturated rings. The molecule has 4 nitrogen and oxygen atoms in total. The van der Waals surface area contributed by atoms with Gasteiger partial charge in [0.25, 0.3) is 0 Å². The third-order valence-corrected chi connectivity index (χ3v) is 4.28. The van der Waals surface area contributed by atoms with Crippen molar-refractivity contribution < 1.29 is 9.47 Å². The maximum atomic E-state index is 5.82. The van der Waals surface area contributed by atoms with E-state index < -0.39 is 0 Å². The molecule has 0 unspecified atom stereocenters. The summed E-state index contributed by atoms with van der Waals surface area (Å²) >= 11 is 7.24. The zero-order chi connectivity index (χ0) is 15.9. The fraction of sp³-hybridized carbons (Fsp3) is 0.438. The van der Waals surface area contributed by atoms with Crippen LogP contribution < -0.4 is 9.47 Å². The van der Waals surface area contributed by atoms with Gasteiger partial charge in [-0.25, -0.2) is 4.98 Å². The summed E-state index contributed by atoms with van der Waals surface area (Å²) in [6.07, 6.45) is 3.88. The molecule has 120 valence electrons. The van der Waals surface area contributed by atoms with Gasteiger partial charge in [-0.2, -0.15) is 0 Å². The molecule has 0 bridgehead atoms. The lowest BCUT2D eigenvalue weighted by molar-refractivity contribution is 0.287. The molecule has 0 saturated carbocycles.